The highest BCUT2D eigenvalue weighted by atomic mass is 32.2. The lowest BCUT2D eigenvalue weighted by Crippen LogP contribution is -2.56. The molecule has 0 saturated heterocycles. The number of carboxylic acid groups (broad SMARTS) is 2. The Kier molecular flexibility index (Phi) is 11.9. The standard InChI is InChI=1S/C21H30N4O8S/c1-11(23-19(30)14(22)10-17(27)28)18(29)24-15(7-8-34-2)20(31)25-16(21(32)33)9-12-3-5-13(26)6-4-12/h3-6,11,14-16,26H,7-10,22H2,1-2H3,(H,23,30)(H,24,29)(H,25,31)(H,27,28)(H,32,33). The quantitative estimate of drug-likeness (QED) is 0.167. The minimum Gasteiger partial charge on any atom is -0.508 e. The zero-order chi connectivity index (χ0) is 25.8. The number of carbonyl (C=O) groups is 5. The smallest absolute Gasteiger partial charge is 0.326 e. The fraction of sp³-hybridized carbons (Fsp3) is 0.476. The zero-order valence-corrected chi connectivity index (χ0v) is 19.6. The van der Waals surface area contributed by atoms with Gasteiger partial charge in [-0.25, -0.2) is 4.79 Å². The Balaban J connectivity index is 2.82. The third-order valence-corrected chi connectivity index (χ3v) is 5.36. The topological polar surface area (TPSA) is 208 Å². The highest BCUT2D eigenvalue weighted by molar-refractivity contribution is 7.98. The highest BCUT2D eigenvalue weighted by Gasteiger charge is 2.29. The van der Waals surface area contributed by atoms with E-state index in [0.29, 0.717) is 11.3 Å². The molecule has 0 bridgehead atoms. The summed E-state index contributed by atoms with van der Waals surface area (Å²) in [5.74, 6) is -4.31. The number of nitrogens with one attached hydrogen (secondary N) is 3. The van der Waals surface area contributed by atoms with Crippen LogP contribution in [-0.2, 0) is 30.4 Å². The van der Waals surface area contributed by atoms with Gasteiger partial charge in [0.05, 0.1) is 12.5 Å². The van der Waals surface area contributed by atoms with Crippen LogP contribution in [0.2, 0.25) is 0 Å². The van der Waals surface area contributed by atoms with Gasteiger partial charge in [-0.15, -0.1) is 0 Å². The molecule has 0 aliphatic heterocycles. The van der Waals surface area contributed by atoms with Crippen molar-refractivity contribution in [2.45, 2.75) is 50.4 Å². The van der Waals surface area contributed by atoms with Crippen molar-refractivity contribution in [1.29, 1.82) is 0 Å². The molecule has 34 heavy (non-hydrogen) atoms. The molecule has 13 heteroatoms. The summed E-state index contributed by atoms with van der Waals surface area (Å²) in [6, 6.07) is 1.04. The summed E-state index contributed by atoms with van der Waals surface area (Å²) in [6.07, 6.45) is 1.34. The molecule has 0 fully saturated rings. The monoisotopic (exact) mass is 498 g/mol. The third kappa shape index (κ3) is 10.1. The SMILES string of the molecule is CSCCC(NC(=O)C(C)NC(=O)C(N)CC(=O)O)C(=O)NC(Cc1ccc(O)cc1)C(=O)O. The number of nitrogens with two attached hydrogens (primary N) is 1. The summed E-state index contributed by atoms with van der Waals surface area (Å²) in [7, 11) is 0. The Labute approximate surface area is 200 Å². The molecule has 1 rings (SSSR count). The van der Waals surface area contributed by atoms with Crippen molar-refractivity contribution in [3.05, 3.63) is 29.8 Å². The number of amides is 3. The Bertz CT molecular complexity index is 880. The van der Waals surface area contributed by atoms with Gasteiger partial charge in [-0.05, 0) is 43.0 Å². The van der Waals surface area contributed by atoms with Crippen LogP contribution in [0.25, 0.3) is 0 Å². The first-order valence-corrected chi connectivity index (χ1v) is 11.7. The van der Waals surface area contributed by atoms with Crippen molar-refractivity contribution >= 4 is 41.4 Å². The van der Waals surface area contributed by atoms with E-state index in [4.69, 9.17) is 10.8 Å². The van der Waals surface area contributed by atoms with Gasteiger partial charge < -0.3 is 37.0 Å². The maximum Gasteiger partial charge on any atom is 0.326 e. The van der Waals surface area contributed by atoms with E-state index in [9.17, 15) is 34.2 Å². The number of hydrogen-bond acceptors (Lipinski definition) is 8. The van der Waals surface area contributed by atoms with Crippen LogP contribution in [0.1, 0.15) is 25.3 Å². The number of carboxylic acids is 2. The van der Waals surface area contributed by atoms with E-state index in [2.05, 4.69) is 16.0 Å². The number of rotatable bonds is 14. The highest BCUT2D eigenvalue weighted by Crippen LogP contribution is 2.12. The average Bonchev–Trinajstić information content (AvgIpc) is 2.76. The molecule has 0 aliphatic rings. The molecule has 188 valence electrons. The maximum atomic E-state index is 12.8. The average molecular weight is 499 g/mol. The predicted molar refractivity (Wildman–Crippen MR) is 124 cm³/mol. The lowest BCUT2D eigenvalue weighted by Gasteiger charge is -2.23. The van der Waals surface area contributed by atoms with Gasteiger partial charge in [0, 0.05) is 6.42 Å². The van der Waals surface area contributed by atoms with Crippen molar-refractivity contribution < 1.29 is 39.3 Å². The number of benzene rings is 1. The van der Waals surface area contributed by atoms with Gasteiger partial charge in [-0.1, -0.05) is 12.1 Å². The van der Waals surface area contributed by atoms with Crippen molar-refractivity contribution in [3.63, 3.8) is 0 Å². The van der Waals surface area contributed by atoms with Crippen LogP contribution in [0.3, 0.4) is 0 Å². The molecule has 0 aromatic heterocycles. The second-order valence-electron chi connectivity index (χ2n) is 7.55. The first-order chi connectivity index (χ1) is 15.9. The number of phenols is 1. The second kappa shape index (κ2) is 14.1. The molecular weight excluding hydrogens is 468 g/mol. The molecule has 0 radical (unpaired) electrons. The van der Waals surface area contributed by atoms with Crippen LogP contribution >= 0.6 is 11.8 Å². The largest absolute Gasteiger partial charge is 0.508 e. The first kappa shape index (κ1) is 28.7. The Morgan fingerprint density at radius 3 is 2.06 bits per heavy atom. The first-order valence-electron chi connectivity index (χ1n) is 10.3. The minimum absolute atomic E-state index is 0.0182. The summed E-state index contributed by atoms with van der Waals surface area (Å²) in [5.41, 5.74) is 6.05. The van der Waals surface area contributed by atoms with Gasteiger partial charge >= 0.3 is 11.9 Å². The molecule has 1 aromatic carbocycles. The lowest BCUT2D eigenvalue weighted by atomic mass is 10.0. The summed E-state index contributed by atoms with van der Waals surface area (Å²) in [6.45, 7) is 1.34. The van der Waals surface area contributed by atoms with Gasteiger partial charge in [-0.3, -0.25) is 19.2 Å². The summed E-state index contributed by atoms with van der Waals surface area (Å²) in [5, 5.41) is 34.8. The third-order valence-electron chi connectivity index (χ3n) is 4.72. The van der Waals surface area contributed by atoms with Gasteiger partial charge in [0.25, 0.3) is 0 Å². The van der Waals surface area contributed by atoms with Crippen LogP contribution in [0.15, 0.2) is 24.3 Å². The maximum absolute atomic E-state index is 12.8. The van der Waals surface area contributed by atoms with Crippen molar-refractivity contribution in [2.75, 3.05) is 12.0 Å². The number of aliphatic carboxylic acids is 2. The molecule has 12 nitrogen and oxygen atoms in total. The Hall–Kier alpha value is -3.32. The number of phenolic OH excluding ortho intramolecular Hbond substituents is 1. The lowest BCUT2D eigenvalue weighted by molar-refractivity contribution is -0.142. The van der Waals surface area contributed by atoms with E-state index in [0.717, 1.165) is 0 Å². The van der Waals surface area contributed by atoms with Crippen LogP contribution in [0.5, 0.6) is 5.75 Å². The molecule has 0 heterocycles. The second-order valence-corrected chi connectivity index (χ2v) is 8.53. The number of carbonyl (C=O) groups excluding carboxylic acids is 3. The molecule has 4 unspecified atom stereocenters. The van der Waals surface area contributed by atoms with Crippen LogP contribution in [-0.4, -0.2) is 81.2 Å². The number of hydrogen-bond donors (Lipinski definition) is 7. The van der Waals surface area contributed by atoms with E-state index in [1.807, 2.05) is 0 Å². The van der Waals surface area contributed by atoms with Crippen molar-refractivity contribution in [2.24, 2.45) is 5.73 Å². The molecule has 0 spiro atoms. The van der Waals surface area contributed by atoms with E-state index < -0.39 is 60.2 Å². The molecule has 4 atom stereocenters. The fourth-order valence-corrected chi connectivity index (χ4v) is 3.28. The van der Waals surface area contributed by atoms with E-state index in [1.165, 1.54) is 43.0 Å². The molecule has 3 amide bonds. The van der Waals surface area contributed by atoms with Gasteiger partial charge in [-0.2, -0.15) is 11.8 Å². The van der Waals surface area contributed by atoms with E-state index >= 15 is 0 Å². The summed E-state index contributed by atoms with van der Waals surface area (Å²) < 4.78 is 0. The Morgan fingerprint density at radius 2 is 1.53 bits per heavy atom. The van der Waals surface area contributed by atoms with E-state index in [-0.39, 0.29) is 18.6 Å². The van der Waals surface area contributed by atoms with Crippen LogP contribution in [0, 0.1) is 0 Å². The van der Waals surface area contributed by atoms with Crippen LogP contribution < -0.4 is 21.7 Å². The van der Waals surface area contributed by atoms with E-state index in [1.54, 1.807) is 6.26 Å². The molecule has 0 aliphatic carbocycles. The molecule has 0 saturated carbocycles. The number of aromatic hydroxyl groups is 1. The fourth-order valence-electron chi connectivity index (χ4n) is 2.81. The normalized spacial score (nSPS) is 14.2. The van der Waals surface area contributed by atoms with Crippen molar-refractivity contribution in [3.8, 4) is 5.75 Å². The van der Waals surface area contributed by atoms with Crippen molar-refractivity contribution in [1.82, 2.24) is 16.0 Å². The zero-order valence-electron chi connectivity index (χ0n) is 18.8. The summed E-state index contributed by atoms with van der Waals surface area (Å²) in [4.78, 5) is 59.7. The predicted octanol–water partition coefficient (Wildman–Crippen LogP) is -0.951. The molecular formula is C21H30N4O8S. The Morgan fingerprint density at radius 1 is 0.941 bits per heavy atom. The summed E-state index contributed by atoms with van der Waals surface area (Å²) >= 11 is 1.42. The van der Waals surface area contributed by atoms with Crippen LogP contribution in [0.4, 0.5) is 0 Å². The van der Waals surface area contributed by atoms with Gasteiger partial charge in [0.15, 0.2) is 0 Å². The number of thioether (sulfide) groups is 1. The minimum atomic E-state index is -1.35. The van der Waals surface area contributed by atoms with Gasteiger partial charge in [0.2, 0.25) is 17.7 Å². The molecule has 1 aromatic rings. The van der Waals surface area contributed by atoms with Gasteiger partial charge in [0.1, 0.15) is 23.9 Å². The molecule has 8 N–H and O–H groups in total.